The van der Waals surface area contributed by atoms with E-state index in [1.54, 1.807) is 11.3 Å². The number of nitrogens with zero attached hydrogens (tertiary/aromatic N) is 2. The summed E-state index contributed by atoms with van der Waals surface area (Å²) in [5.74, 6) is 0.911. The van der Waals surface area contributed by atoms with Crippen LogP contribution in [0.15, 0.2) is 45.6 Å². The van der Waals surface area contributed by atoms with E-state index in [2.05, 4.69) is 58.3 Å². The minimum atomic E-state index is 0.287. The predicted octanol–water partition coefficient (Wildman–Crippen LogP) is 3.87. The van der Waals surface area contributed by atoms with Gasteiger partial charge < -0.3 is 10.6 Å². The van der Waals surface area contributed by atoms with Gasteiger partial charge >= 0.3 is 0 Å². The average molecular weight is 375 g/mol. The Labute approximate surface area is 158 Å². The predicted molar refractivity (Wildman–Crippen MR) is 109 cm³/mol. The summed E-state index contributed by atoms with van der Waals surface area (Å²) in [5.41, 5.74) is 1.16. The first-order chi connectivity index (χ1) is 12.2. The van der Waals surface area contributed by atoms with Crippen LogP contribution in [0.4, 0.5) is 0 Å². The Kier molecular flexibility index (Phi) is 6.37. The lowest BCUT2D eigenvalue weighted by Crippen LogP contribution is -2.39. The number of hydrogen-bond donors (Lipinski definition) is 2. The zero-order valence-electron chi connectivity index (χ0n) is 14.9. The van der Waals surface area contributed by atoms with Gasteiger partial charge in [0.1, 0.15) is 0 Å². The number of rotatable bonds is 8. The van der Waals surface area contributed by atoms with Gasteiger partial charge in [0, 0.05) is 34.5 Å². The van der Waals surface area contributed by atoms with Gasteiger partial charge in [0.25, 0.3) is 0 Å². The number of hydrogen-bond acceptors (Lipinski definition) is 4. The molecule has 3 rings (SSSR count). The molecule has 4 nitrogen and oxygen atoms in total. The summed E-state index contributed by atoms with van der Waals surface area (Å²) in [6, 6.07) is 10.7. The molecule has 1 aromatic heterocycles. The monoisotopic (exact) mass is 374 g/mol. The zero-order chi connectivity index (χ0) is 17.5. The summed E-state index contributed by atoms with van der Waals surface area (Å²) in [5, 5.41) is 10.1. The van der Waals surface area contributed by atoms with Gasteiger partial charge in [-0.1, -0.05) is 18.2 Å². The van der Waals surface area contributed by atoms with Crippen molar-refractivity contribution in [2.24, 2.45) is 4.99 Å². The summed E-state index contributed by atoms with van der Waals surface area (Å²) < 4.78 is 0.287. The number of guanidine groups is 1. The van der Waals surface area contributed by atoms with Crippen molar-refractivity contribution in [3.05, 3.63) is 46.4 Å². The van der Waals surface area contributed by atoms with E-state index in [9.17, 15) is 0 Å². The normalized spacial score (nSPS) is 15.8. The van der Waals surface area contributed by atoms with Crippen LogP contribution in [0.25, 0.3) is 0 Å². The Morgan fingerprint density at radius 1 is 1.28 bits per heavy atom. The van der Waals surface area contributed by atoms with Gasteiger partial charge in [0.05, 0.1) is 17.2 Å². The van der Waals surface area contributed by atoms with Crippen LogP contribution in [-0.4, -0.2) is 35.3 Å². The highest BCUT2D eigenvalue weighted by Crippen LogP contribution is 2.51. The zero-order valence-corrected chi connectivity index (χ0v) is 16.6. The SMILES string of the molecule is CCNC(=NCC1(Sc2ccccc2)CC1)NCCc1csc(C)n1. The van der Waals surface area contributed by atoms with Crippen LogP contribution >= 0.6 is 23.1 Å². The van der Waals surface area contributed by atoms with Gasteiger partial charge in [0.2, 0.25) is 0 Å². The van der Waals surface area contributed by atoms with Crippen molar-refractivity contribution in [2.45, 2.75) is 42.8 Å². The van der Waals surface area contributed by atoms with E-state index in [-0.39, 0.29) is 4.75 Å². The number of aromatic nitrogens is 1. The van der Waals surface area contributed by atoms with Crippen LogP contribution in [0.5, 0.6) is 0 Å². The van der Waals surface area contributed by atoms with Crippen LogP contribution in [0.1, 0.15) is 30.5 Å². The third-order valence-corrected chi connectivity index (χ3v) is 6.40. The molecule has 0 spiro atoms. The molecule has 0 unspecified atom stereocenters. The van der Waals surface area contributed by atoms with E-state index in [0.29, 0.717) is 0 Å². The number of aryl methyl sites for hydroxylation is 1. The van der Waals surface area contributed by atoms with Crippen molar-refractivity contribution in [3.8, 4) is 0 Å². The highest BCUT2D eigenvalue weighted by atomic mass is 32.2. The molecule has 1 fully saturated rings. The second-order valence-corrected chi connectivity index (χ2v) is 8.93. The highest BCUT2D eigenvalue weighted by Gasteiger charge is 2.43. The van der Waals surface area contributed by atoms with Gasteiger partial charge in [0.15, 0.2) is 5.96 Å². The van der Waals surface area contributed by atoms with Gasteiger partial charge in [-0.15, -0.1) is 23.1 Å². The molecule has 134 valence electrons. The molecule has 25 heavy (non-hydrogen) atoms. The molecule has 0 radical (unpaired) electrons. The van der Waals surface area contributed by atoms with E-state index in [1.807, 2.05) is 18.7 Å². The molecule has 2 aromatic rings. The number of aliphatic imine (C=N–C) groups is 1. The first-order valence-electron chi connectivity index (χ1n) is 8.86. The summed E-state index contributed by atoms with van der Waals surface area (Å²) in [6.45, 7) is 6.74. The van der Waals surface area contributed by atoms with E-state index in [1.165, 1.54) is 17.7 Å². The topological polar surface area (TPSA) is 49.3 Å². The molecule has 1 aliphatic rings. The lowest BCUT2D eigenvalue weighted by Gasteiger charge is -2.15. The smallest absolute Gasteiger partial charge is 0.191 e. The Morgan fingerprint density at radius 3 is 2.72 bits per heavy atom. The summed E-state index contributed by atoms with van der Waals surface area (Å²) in [7, 11) is 0. The number of benzene rings is 1. The molecule has 0 atom stereocenters. The number of nitrogens with one attached hydrogen (secondary N) is 2. The van der Waals surface area contributed by atoms with Crippen LogP contribution in [0, 0.1) is 6.92 Å². The van der Waals surface area contributed by atoms with Gasteiger partial charge in [-0.05, 0) is 38.8 Å². The first kappa shape index (κ1) is 18.3. The maximum Gasteiger partial charge on any atom is 0.191 e. The molecular formula is C19H26N4S2. The lowest BCUT2D eigenvalue weighted by molar-refractivity contribution is 0.781. The Morgan fingerprint density at radius 2 is 2.08 bits per heavy atom. The molecule has 1 aliphatic carbocycles. The van der Waals surface area contributed by atoms with Crippen molar-refractivity contribution in [2.75, 3.05) is 19.6 Å². The Balaban J connectivity index is 1.51. The molecule has 1 heterocycles. The summed E-state index contributed by atoms with van der Waals surface area (Å²) in [6.07, 6.45) is 3.42. The number of thioether (sulfide) groups is 1. The molecule has 1 aromatic carbocycles. The average Bonchev–Trinajstić information content (AvgIpc) is 3.25. The summed E-state index contributed by atoms with van der Waals surface area (Å²) >= 11 is 3.68. The minimum absolute atomic E-state index is 0.287. The molecule has 2 N–H and O–H groups in total. The van der Waals surface area contributed by atoms with E-state index in [0.717, 1.165) is 42.7 Å². The van der Waals surface area contributed by atoms with Crippen molar-refractivity contribution >= 4 is 29.1 Å². The van der Waals surface area contributed by atoms with Crippen LogP contribution in [0.3, 0.4) is 0 Å². The molecule has 1 saturated carbocycles. The number of thiazole rings is 1. The highest BCUT2D eigenvalue weighted by molar-refractivity contribution is 8.01. The molecule has 0 bridgehead atoms. The van der Waals surface area contributed by atoms with E-state index in [4.69, 9.17) is 4.99 Å². The quantitative estimate of drug-likeness (QED) is 0.544. The van der Waals surface area contributed by atoms with E-state index >= 15 is 0 Å². The minimum Gasteiger partial charge on any atom is -0.357 e. The molecular weight excluding hydrogens is 348 g/mol. The fourth-order valence-electron chi connectivity index (χ4n) is 2.57. The fourth-order valence-corrected chi connectivity index (χ4v) is 4.44. The van der Waals surface area contributed by atoms with Crippen LogP contribution < -0.4 is 10.6 Å². The third kappa shape index (κ3) is 5.75. The Hall–Kier alpha value is -1.53. The maximum absolute atomic E-state index is 4.84. The Bertz CT molecular complexity index is 692. The van der Waals surface area contributed by atoms with Gasteiger partial charge in [-0.2, -0.15) is 0 Å². The molecule has 0 aliphatic heterocycles. The van der Waals surface area contributed by atoms with Gasteiger partial charge in [-0.3, -0.25) is 4.99 Å². The molecule has 6 heteroatoms. The fraction of sp³-hybridized carbons (Fsp3) is 0.474. The molecule has 0 amide bonds. The lowest BCUT2D eigenvalue weighted by atomic mass is 10.3. The third-order valence-electron chi connectivity index (χ3n) is 4.09. The van der Waals surface area contributed by atoms with Crippen molar-refractivity contribution in [3.63, 3.8) is 0 Å². The van der Waals surface area contributed by atoms with E-state index < -0.39 is 0 Å². The van der Waals surface area contributed by atoms with Crippen LogP contribution in [-0.2, 0) is 6.42 Å². The van der Waals surface area contributed by atoms with Gasteiger partial charge in [-0.25, -0.2) is 4.98 Å². The standard InChI is InChI=1S/C19H26N4S2/c1-3-20-18(21-12-9-16-13-24-15(2)23-16)22-14-19(10-11-19)25-17-7-5-4-6-8-17/h4-8,13H,3,9-12,14H2,1-2H3,(H2,20,21,22). The first-order valence-corrected chi connectivity index (χ1v) is 10.6. The van der Waals surface area contributed by atoms with Crippen LogP contribution in [0.2, 0.25) is 0 Å². The van der Waals surface area contributed by atoms with Crippen molar-refractivity contribution in [1.82, 2.24) is 15.6 Å². The maximum atomic E-state index is 4.84. The van der Waals surface area contributed by atoms with Crippen molar-refractivity contribution < 1.29 is 0 Å². The van der Waals surface area contributed by atoms with Crippen molar-refractivity contribution in [1.29, 1.82) is 0 Å². The molecule has 0 saturated heterocycles. The second-order valence-electron chi connectivity index (χ2n) is 6.33. The largest absolute Gasteiger partial charge is 0.357 e. The summed E-state index contributed by atoms with van der Waals surface area (Å²) in [4.78, 5) is 10.7. The second kappa shape index (κ2) is 8.72.